The summed E-state index contributed by atoms with van der Waals surface area (Å²) >= 11 is 0. The van der Waals surface area contributed by atoms with Crippen LogP contribution in [0.3, 0.4) is 0 Å². The highest BCUT2D eigenvalue weighted by atomic mass is 16.6. The van der Waals surface area contributed by atoms with Crippen molar-refractivity contribution in [2.45, 2.75) is 38.5 Å². The van der Waals surface area contributed by atoms with E-state index in [1.807, 2.05) is 91.0 Å². The Morgan fingerprint density at radius 3 is 1.71 bits per heavy atom. The van der Waals surface area contributed by atoms with Crippen molar-refractivity contribution < 1.29 is 19.1 Å². The summed E-state index contributed by atoms with van der Waals surface area (Å²) < 4.78 is 10.6. The third-order valence-corrected chi connectivity index (χ3v) is 4.95. The number of methoxy groups -OCH3 is 1. The number of amides is 1. The van der Waals surface area contributed by atoms with E-state index >= 15 is 0 Å². The van der Waals surface area contributed by atoms with Crippen LogP contribution in [0, 0.1) is 0 Å². The van der Waals surface area contributed by atoms with Crippen LogP contribution in [-0.4, -0.2) is 36.5 Å². The third kappa shape index (κ3) is 6.78. The molecule has 0 aromatic heterocycles. The number of aliphatic imine (C=N–C) groups is 1. The quantitative estimate of drug-likeness (QED) is 0.383. The van der Waals surface area contributed by atoms with Crippen LogP contribution < -0.4 is 5.32 Å². The largest absolute Gasteiger partial charge is 0.467 e. The van der Waals surface area contributed by atoms with E-state index in [-0.39, 0.29) is 0 Å². The van der Waals surface area contributed by atoms with Crippen LogP contribution in [-0.2, 0) is 14.3 Å². The van der Waals surface area contributed by atoms with Gasteiger partial charge >= 0.3 is 12.1 Å². The van der Waals surface area contributed by atoms with Gasteiger partial charge in [0.05, 0.1) is 18.9 Å². The van der Waals surface area contributed by atoms with E-state index in [0.29, 0.717) is 11.3 Å². The Kier molecular flexibility index (Phi) is 8.19. The lowest BCUT2D eigenvalue weighted by atomic mass is 9.97. The molecule has 1 amide bonds. The molecular formula is C28H30N2O4. The molecule has 3 rings (SSSR count). The fourth-order valence-corrected chi connectivity index (χ4v) is 3.47. The standard InChI is InChI=1S/C28H30N2O4/c1-28(2,3)34-27(32)30-24(22-18-12-7-13-19-22)25(26(31)33-4)29-23(20-14-8-5-9-15-20)21-16-10-6-11-17-21/h5-19,24-25H,1-4H3,(H,30,32)/t24-,25+/m1/s1. The molecule has 0 aliphatic heterocycles. The normalized spacial score (nSPS) is 12.7. The lowest BCUT2D eigenvalue weighted by Gasteiger charge is -2.27. The molecule has 0 fully saturated rings. The van der Waals surface area contributed by atoms with Crippen LogP contribution in [0.5, 0.6) is 0 Å². The van der Waals surface area contributed by atoms with Gasteiger partial charge in [-0.2, -0.15) is 0 Å². The fourth-order valence-electron chi connectivity index (χ4n) is 3.47. The summed E-state index contributed by atoms with van der Waals surface area (Å²) in [7, 11) is 1.31. The van der Waals surface area contributed by atoms with Crippen molar-refractivity contribution >= 4 is 17.8 Å². The average molecular weight is 459 g/mol. The number of rotatable bonds is 7. The number of alkyl carbamates (subject to hydrolysis) is 1. The van der Waals surface area contributed by atoms with Gasteiger partial charge in [-0.3, -0.25) is 4.99 Å². The van der Waals surface area contributed by atoms with Gasteiger partial charge in [0.2, 0.25) is 0 Å². The smallest absolute Gasteiger partial charge is 0.408 e. The lowest BCUT2D eigenvalue weighted by Crippen LogP contribution is -2.42. The summed E-state index contributed by atoms with van der Waals surface area (Å²) in [4.78, 5) is 30.7. The molecule has 3 aromatic rings. The second-order valence-corrected chi connectivity index (χ2v) is 8.71. The van der Waals surface area contributed by atoms with Crippen LogP contribution in [0.25, 0.3) is 0 Å². The molecule has 0 unspecified atom stereocenters. The molecule has 0 aliphatic rings. The lowest BCUT2D eigenvalue weighted by molar-refractivity contribution is -0.142. The van der Waals surface area contributed by atoms with Crippen molar-refractivity contribution in [1.29, 1.82) is 0 Å². The first-order valence-corrected chi connectivity index (χ1v) is 11.1. The SMILES string of the molecule is COC(=O)[C@@H](N=C(c1ccccc1)c1ccccc1)[C@H](NC(=O)OC(C)(C)C)c1ccccc1. The predicted molar refractivity (Wildman–Crippen MR) is 133 cm³/mol. The Hall–Kier alpha value is -3.93. The molecule has 0 radical (unpaired) electrons. The van der Waals surface area contributed by atoms with Gasteiger partial charge in [-0.05, 0) is 26.3 Å². The van der Waals surface area contributed by atoms with E-state index in [2.05, 4.69) is 5.32 Å². The number of esters is 1. The van der Waals surface area contributed by atoms with Crippen molar-refractivity contribution in [2.24, 2.45) is 4.99 Å². The monoisotopic (exact) mass is 458 g/mol. The zero-order valence-electron chi connectivity index (χ0n) is 19.9. The zero-order valence-corrected chi connectivity index (χ0v) is 19.9. The highest BCUT2D eigenvalue weighted by Gasteiger charge is 2.33. The van der Waals surface area contributed by atoms with E-state index in [1.165, 1.54) is 7.11 Å². The van der Waals surface area contributed by atoms with Gasteiger partial charge in [0, 0.05) is 11.1 Å². The molecule has 2 atom stereocenters. The second kappa shape index (κ2) is 11.3. The molecule has 0 saturated heterocycles. The summed E-state index contributed by atoms with van der Waals surface area (Å²) in [5.41, 5.74) is 2.30. The molecule has 6 nitrogen and oxygen atoms in total. The Labute approximate surface area is 200 Å². The van der Waals surface area contributed by atoms with Crippen LogP contribution >= 0.6 is 0 Å². The third-order valence-electron chi connectivity index (χ3n) is 4.95. The summed E-state index contributed by atoms with van der Waals surface area (Å²) in [5.74, 6) is -0.575. The molecule has 0 spiro atoms. The minimum Gasteiger partial charge on any atom is -0.467 e. The number of hydrogen-bond acceptors (Lipinski definition) is 5. The van der Waals surface area contributed by atoms with Gasteiger partial charge in [0.25, 0.3) is 0 Å². The van der Waals surface area contributed by atoms with Gasteiger partial charge in [-0.15, -0.1) is 0 Å². The van der Waals surface area contributed by atoms with Crippen LogP contribution in [0.15, 0.2) is 96.0 Å². The van der Waals surface area contributed by atoms with E-state index in [4.69, 9.17) is 14.5 Å². The summed E-state index contributed by atoms with van der Waals surface area (Å²) in [6, 6.07) is 26.5. The maximum absolute atomic E-state index is 13.1. The number of hydrogen-bond donors (Lipinski definition) is 1. The first-order chi connectivity index (χ1) is 16.3. The van der Waals surface area contributed by atoms with Crippen LogP contribution in [0.1, 0.15) is 43.5 Å². The van der Waals surface area contributed by atoms with Gasteiger partial charge in [0.15, 0.2) is 6.04 Å². The molecule has 3 aromatic carbocycles. The van der Waals surface area contributed by atoms with Crippen molar-refractivity contribution in [3.8, 4) is 0 Å². The number of carbonyl (C=O) groups excluding carboxylic acids is 2. The van der Waals surface area contributed by atoms with Gasteiger partial charge < -0.3 is 14.8 Å². The van der Waals surface area contributed by atoms with E-state index in [9.17, 15) is 9.59 Å². The average Bonchev–Trinajstić information content (AvgIpc) is 2.84. The molecule has 0 saturated carbocycles. The maximum Gasteiger partial charge on any atom is 0.408 e. The van der Waals surface area contributed by atoms with Gasteiger partial charge in [0.1, 0.15) is 5.60 Å². The maximum atomic E-state index is 13.1. The molecule has 34 heavy (non-hydrogen) atoms. The molecule has 0 bridgehead atoms. The summed E-state index contributed by atoms with van der Waals surface area (Å²) in [6.07, 6.45) is -0.647. The molecule has 0 heterocycles. The Balaban J connectivity index is 2.14. The topological polar surface area (TPSA) is 77.0 Å². The Morgan fingerprint density at radius 2 is 1.26 bits per heavy atom. The fraction of sp³-hybridized carbons (Fsp3) is 0.250. The number of carbonyl (C=O) groups is 2. The van der Waals surface area contributed by atoms with Gasteiger partial charge in [-0.25, -0.2) is 9.59 Å². The minimum atomic E-state index is -1.06. The summed E-state index contributed by atoms with van der Waals surface area (Å²) in [5, 5.41) is 2.84. The first kappa shape index (κ1) is 24.7. The van der Waals surface area contributed by atoms with Crippen LogP contribution in [0.2, 0.25) is 0 Å². The number of ether oxygens (including phenoxy) is 2. The van der Waals surface area contributed by atoms with Crippen molar-refractivity contribution in [3.05, 3.63) is 108 Å². The van der Waals surface area contributed by atoms with E-state index in [1.54, 1.807) is 20.8 Å². The van der Waals surface area contributed by atoms with Crippen molar-refractivity contribution in [2.75, 3.05) is 7.11 Å². The highest BCUT2D eigenvalue weighted by Crippen LogP contribution is 2.24. The first-order valence-electron chi connectivity index (χ1n) is 11.1. The Bertz CT molecular complexity index is 1070. The second-order valence-electron chi connectivity index (χ2n) is 8.71. The number of benzene rings is 3. The summed E-state index contributed by atoms with van der Waals surface area (Å²) in [6.45, 7) is 5.34. The molecule has 6 heteroatoms. The Morgan fingerprint density at radius 1 is 0.794 bits per heavy atom. The zero-order chi connectivity index (χ0) is 24.6. The van der Waals surface area contributed by atoms with E-state index in [0.717, 1.165) is 11.1 Å². The highest BCUT2D eigenvalue weighted by molar-refractivity contribution is 6.13. The van der Waals surface area contributed by atoms with Gasteiger partial charge in [-0.1, -0.05) is 91.0 Å². The van der Waals surface area contributed by atoms with Crippen molar-refractivity contribution in [1.82, 2.24) is 5.32 Å². The molecule has 176 valence electrons. The minimum absolute atomic E-state index is 0.575. The molecule has 1 N–H and O–H groups in total. The number of nitrogens with zero attached hydrogens (tertiary/aromatic N) is 1. The van der Waals surface area contributed by atoms with Crippen LogP contribution in [0.4, 0.5) is 4.79 Å². The molecular weight excluding hydrogens is 428 g/mol. The van der Waals surface area contributed by atoms with Crippen molar-refractivity contribution in [3.63, 3.8) is 0 Å². The number of nitrogens with one attached hydrogen (secondary N) is 1. The van der Waals surface area contributed by atoms with E-state index < -0.39 is 29.7 Å². The molecule has 0 aliphatic carbocycles. The predicted octanol–water partition coefficient (Wildman–Crippen LogP) is 5.33.